The first-order chi connectivity index (χ1) is 34.2. The van der Waals surface area contributed by atoms with Crippen molar-refractivity contribution in [3.05, 3.63) is 132 Å². The van der Waals surface area contributed by atoms with E-state index in [1.54, 1.807) is 97.1 Å². The number of ether oxygens (including phenoxy) is 4. The first kappa shape index (κ1) is 64.3. The molecule has 412 valence electrons. The molecule has 1 aliphatic rings. The van der Waals surface area contributed by atoms with E-state index in [-0.39, 0.29) is 33.1 Å². The molecule has 0 spiro atoms. The van der Waals surface area contributed by atoms with Crippen molar-refractivity contribution in [2.45, 2.75) is 136 Å². The van der Waals surface area contributed by atoms with Gasteiger partial charge in [-0.05, 0) is 204 Å². The van der Waals surface area contributed by atoms with Crippen LogP contribution in [0.4, 0.5) is 0 Å². The third-order valence-electron chi connectivity index (χ3n) is 11.5. The predicted octanol–water partition coefficient (Wildman–Crippen LogP) is 9.78. The molecule has 0 aromatic heterocycles. The average molecular weight is 1110 g/mol. The fourth-order valence-corrected chi connectivity index (χ4v) is 29.8. The molecule has 0 amide bonds. The summed E-state index contributed by atoms with van der Waals surface area (Å²) in [5.41, 5.74) is -4.78. The Morgan fingerprint density at radius 3 is 0.827 bits per heavy atom. The summed E-state index contributed by atoms with van der Waals surface area (Å²) in [5, 5.41) is 41.0. The van der Waals surface area contributed by atoms with Gasteiger partial charge in [-0.1, -0.05) is 7.43 Å². The molecule has 0 radical (unpaired) electrons. The maximum Gasteiger partial charge on any atom is 0.356 e. The zero-order chi connectivity index (χ0) is 55.6. The van der Waals surface area contributed by atoms with Crippen molar-refractivity contribution in [3.8, 4) is 23.0 Å². The molecule has 4 unspecified atom stereocenters. The fraction of sp³-hybridized carbons (Fsp3) is 0.455. The molecule has 20 heteroatoms. The normalized spacial score (nSPS) is 21.2. The number of ketones is 4. The van der Waals surface area contributed by atoms with E-state index in [0.29, 0.717) is 70.2 Å². The van der Waals surface area contributed by atoms with Gasteiger partial charge in [0.05, 0.1) is 13.2 Å². The molecule has 4 aromatic carbocycles. The molecule has 1 heterocycles. The van der Waals surface area contributed by atoms with Gasteiger partial charge in [0.15, 0.2) is 23.1 Å². The van der Waals surface area contributed by atoms with Crippen LogP contribution in [0.25, 0.3) is 0 Å². The first-order valence-corrected chi connectivity index (χ1v) is 34.6. The highest BCUT2D eigenvalue weighted by Crippen LogP contribution is 2.37. The summed E-state index contributed by atoms with van der Waals surface area (Å²) in [7, 11) is -13.6. The number of Topliss-reactive ketones (excluding diaryl/α,β-unsaturated/α-hetero) is 4. The van der Waals surface area contributed by atoms with Crippen LogP contribution >= 0.6 is 0 Å². The smallest absolute Gasteiger partial charge is 0.356 e. The summed E-state index contributed by atoms with van der Waals surface area (Å²) in [6, 6.07) is 27.1. The molecular weight excluding hydrogens is 1030 g/mol. The van der Waals surface area contributed by atoms with Crippen molar-refractivity contribution < 1.29 is 75.0 Å². The lowest BCUT2D eigenvalue weighted by molar-refractivity contribution is 0.0487. The lowest BCUT2D eigenvalue weighted by Gasteiger charge is -2.49. The van der Waals surface area contributed by atoms with Gasteiger partial charge in [0.1, 0.15) is 57.9 Å². The lowest BCUT2D eigenvalue weighted by atomic mass is 9.97. The summed E-state index contributed by atoms with van der Waals surface area (Å²) >= 11 is 0. The summed E-state index contributed by atoms with van der Waals surface area (Å²) in [4.78, 5) is 50.8. The Hall–Kier alpha value is -4.95. The number of carbonyl (C=O) groups excluding carboxylic acids is 4. The van der Waals surface area contributed by atoms with Gasteiger partial charge < -0.3 is 55.8 Å². The van der Waals surface area contributed by atoms with Gasteiger partial charge in [0.25, 0.3) is 0 Å². The Morgan fingerprint density at radius 1 is 0.400 bits per heavy atom. The molecule has 0 aliphatic carbocycles. The summed E-state index contributed by atoms with van der Waals surface area (Å²) < 4.78 is 54.1. The number of benzene rings is 4. The van der Waals surface area contributed by atoms with Gasteiger partial charge in [-0.15, -0.1) is 13.2 Å². The Balaban J connectivity index is 0.00000488. The molecule has 4 aromatic rings. The largest absolute Gasteiger partial charge is 0.494 e. The second-order valence-corrected chi connectivity index (χ2v) is 35.0. The Bertz CT molecular complexity index is 2340. The molecule has 5 rings (SSSR count). The van der Waals surface area contributed by atoms with E-state index in [0.717, 1.165) is 0 Å². The molecule has 0 bridgehead atoms. The van der Waals surface area contributed by atoms with Gasteiger partial charge in [-0.25, -0.2) is 0 Å². The highest BCUT2D eigenvalue weighted by molar-refractivity contribution is 6.94. The van der Waals surface area contributed by atoms with Crippen LogP contribution in [0, 0.1) is 0 Å². The molecule has 0 saturated carbocycles. The minimum Gasteiger partial charge on any atom is -0.494 e. The van der Waals surface area contributed by atoms with Crippen LogP contribution in [0.2, 0.25) is 38.3 Å². The van der Waals surface area contributed by atoms with Gasteiger partial charge in [0.2, 0.25) is 0 Å². The van der Waals surface area contributed by atoms with Gasteiger partial charge in [-0.3, -0.25) is 19.2 Å². The molecule has 1 fully saturated rings. The van der Waals surface area contributed by atoms with Crippen molar-refractivity contribution in [1.82, 2.24) is 0 Å². The van der Waals surface area contributed by atoms with Gasteiger partial charge in [-0.2, -0.15) is 0 Å². The van der Waals surface area contributed by atoms with Crippen LogP contribution in [0.5, 0.6) is 23.0 Å². The van der Waals surface area contributed by atoms with E-state index in [1.807, 2.05) is 26.2 Å². The lowest BCUT2D eigenvalue weighted by Crippen LogP contribution is -2.70. The molecule has 4 atom stereocenters. The highest BCUT2D eigenvalue weighted by atomic mass is 28.5. The molecular formula is C55H80O16Si4. The molecule has 4 N–H and O–H groups in total. The molecule has 1 aliphatic heterocycles. The second kappa shape index (κ2) is 25.9. The van der Waals surface area contributed by atoms with Crippen LogP contribution in [0.1, 0.15) is 117 Å². The number of carbonyl (C=O) groups is 4. The van der Waals surface area contributed by atoms with E-state index in [1.165, 1.54) is 55.4 Å². The van der Waals surface area contributed by atoms with Crippen molar-refractivity contribution in [3.63, 3.8) is 0 Å². The van der Waals surface area contributed by atoms with E-state index >= 15 is 0 Å². The number of aliphatic hydroxyl groups is 4. The molecule has 75 heavy (non-hydrogen) atoms. The van der Waals surface area contributed by atoms with Gasteiger partial charge in [0, 0.05) is 22.3 Å². The number of hydrogen-bond donors (Lipinski definition) is 4. The van der Waals surface area contributed by atoms with Crippen molar-refractivity contribution >= 4 is 57.4 Å². The van der Waals surface area contributed by atoms with Gasteiger partial charge >= 0.3 is 34.2 Å². The minimum absolute atomic E-state index is 0. The first-order valence-electron chi connectivity index (χ1n) is 24.5. The van der Waals surface area contributed by atoms with E-state index in [4.69, 9.17) is 35.4 Å². The third kappa shape index (κ3) is 19.2. The summed E-state index contributed by atoms with van der Waals surface area (Å²) in [6.45, 7) is 25.8. The molecule has 1 saturated heterocycles. The van der Waals surface area contributed by atoms with Crippen LogP contribution < -0.4 is 18.9 Å². The van der Waals surface area contributed by atoms with Crippen molar-refractivity contribution in [2.24, 2.45) is 0 Å². The topological polar surface area (TPSA) is 223 Å². The summed E-state index contributed by atoms with van der Waals surface area (Å²) in [6.07, 6.45) is 1.02. The quantitative estimate of drug-likeness (QED) is 0.0222. The number of rotatable bonds is 24. The SMILES string of the molecule is C.C=C.CC(C)(O)C(=O)c1ccc(OCCC[Si]2(C)O[Si](C)(CCCOc3ccc(C(=O)C(C)(C)O)cc3)O[Si](C)(COc3ccc(C(=O)C(C)(C)O)cc3)O[Si](C)(COc3ccc(C(=O)C(C)(C)O)cc3)O2)cc1. The standard InChI is InChI=1S/C52H72O16Si4.C2H4.CH4/c1-49(2,57)45(53)37-15-23-41(24-16-37)61-31-13-33-69(9)65-70(10,34-14-32-62-42-25-17-38(18-26-42)46(54)50(3,4)58)67-72(12,36-64-44-29-21-40(22-30-44)48(56)52(7,8)60)68-71(11,66-69)35-63-43-27-19-39(20-28-43)47(55)51(5,6)59;1-2;/h15-30,57-60H,13-14,31-36H2,1-12H3;1-2H2;1H4. The predicted molar refractivity (Wildman–Crippen MR) is 298 cm³/mol. The average Bonchev–Trinajstić information content (AvgIpc) is 3.31. The second-order valence-electron chi connectivity index (χ2n) is 21.1. The van der Waals surface area contributed by atoms with Crippen LogP contribution in [-0.4, -0.2) is 126 Å². The third-order valence-corrected chi connectivity index (χ3v) is 29.2. The van der Waals surface area contributed by atoms with Crippen LogP contribution in [0.3, 0.4) is 0 Å². The van der Waals surface area contributed by atoms with Crippen LogP contribution in [0.15, 0.2) is 110 Å². The molecule has 16 nitrogen and oxygen atoms in total. The Kier molecular flexibility index (Phi) is 22.2. The zero-order valence-electron chi connectivity index (χ0n) is 45.0. The summed E-state index contributed by atoms with van der Waals surface area (Å²) in [5.74, 6) is 0.289. The maximum atomic E-state index is 12.8. The zero-order valence-corrected chi connectivity index (χ0v) is 49.0. The van der Waals surface area contributed by atoms with E-state index < -0.39 is 79.8 Å². The number of hydrogen-bond acceptors (Lipinski definition) is 16. The van der Waals surface area contributed by atoms with Crippen molar-refractivity contribution in [2.75, 3.05) is 25.7 Å². The highest BCUT2D eigenvalue weighted by Gasteiger charge is 2.58. The minimum atomic E-state index is -3.49. The fourth-order valence-electron chi connectivity index (χ4n) is 8.05. The maximum absolute atomic E-state index is 12.8. The van der Waals surface area contributed by atoms with E-state index in [2.05, 4.69) is 13.2 Å². The van der Waals surface area contributed by atoms with E-state index in [9.17, 15) is 39.6 Å². The monoisotopic (exact) mass is 1110 g/mol. The Labute approximate surface area is 447 Å². The van der Waals surface area contributed by atoms with Crippen molar-refractivity contribution in [1.29, 1.82) is 0 Å². The Morgan fingerprint density at radius 2 is 0.600 bits per heavy atom. The van der Waals surface area contributed by atoms with Crippen LogP contribution in [-0.2, 0) is 16.5 Å².